The summed E-state index contributed by atoms with van der Waals surface area (Å²) in [5.41, 5.74) is 2.31. The van der Waals surface area contributed by atoms with Crippen LogP contribution in [-0.2, 0) is 0 Å². The number of carbonyl (C=O) groups excluding carboxylic acids is 1. The summed E-state index contributed by atoms with van der Waals surface area (Å²) in [5.74, 6) is 0.0701. The van der Waals surface area contributed by atoms with Crippen molar-refractivity contribution in [3.8, 4) is 0 Å². The van der Waals surface area contributed by atoms with Crippen LogP contribution in [0.4, 0.5) is 0 Å². The second kappa shape index (κ2) is 5.44. The van der Waals surface area contributed by atoms with E-state index in [0.717, 1.165) is 42.9 Å². The largest absolute Gasteiger partial charge is 0.336 e. The van der Waals surface area contributed by atoms with Gasteiger partial charge in [0.1, 0.15) is 0 Å². The molecule has 0 radical (unpaired) electrons. The van der Waals surface area contributed by atoms with Gasteiger partial charge in [-0.05, 0) is 26.8 Å². The van der Waals surface area contributed by atoms with Gasteiger partial charge in [0, 0.05) is 37.6 Å². The van der Waals surface area contributed by atoms with Gasteiger partial charge >= 0.3 is 0 Å². The van der Waals surface area contributed by atoms with E-state index in [-0.39, 0.29) is 11.9 Å². The number of aromatic nitrogens is 3. The zero-order valence-electron chi connectivity index (χ0n) is 12.8. The maximum atomic E-state index is 12.6. The van der Waals surface area contributed by atoms with Crippen LogP contribution in [0.1, 0.15) is 35.9 Å². The number of pyridine rings is 1. The predicted molar refractivity (Wildman–Crippen MR) is 81.4 cm³/mol. The second-order valence-corrected chi connectivity index (χ2v) is 5.76. The Balaban J connectivity index is 1.99. The van der Waals surface area contributed by atoms with Crippen molar-refractivity contribution < 1.29 is 4.79 Å². The van der Waals surface area contributed by atoms with Gasteiger partial charge in [-0.2, -0.15) is 5.10 Å². The molecule has 1 amide bonds. The van der Waals surface area contributed by atoms with Crippen LogP contribution >= 0.6 is 0 Å². The van der Waals surface area contributed by atoms with Crippen LogP contribution in [0.5, 0.6) is 0 Å². The third-order valence-corrected chi connectivity index (χ3v) is 3.88. The van der Waals surface area contributed by atoms with Crippen LogP contribution in [0.3, 0.4) is 0 Å². The van der Waals surface area contributed by atoms with Crippen molar-refractivity contribution in [3.05, 3.63) is 23.5 Å². The number of carbonyl (C=O) groups is 1. The molecule has 6 nitrogen and oxygen atoms in total. The van der Waals surface area contributed by atoms with Gasteiger partial charge in [0.15, 0.2) is 5.65 Å². The van der Waals surface area contributed by atoms with Crippen molar-refractivity contribution in [2.75, 3.05) is 26.2 Å². The minimum absolute atomic E-state index is 0.0701. The molecule has 6 heteroatoms. The lowest BCUT2D eigenvalue weighted by molar-refractivity contribution is 0.0735. The van der Waals surface area contributed by atoms with Crippen LogP contribution < -0.4 is 5.32 Å². The van der Waals surface area contributed by atoms with Gasteiger partial charge in [-0.15, -0.1) is 0 Å². The fourth-order valence-corrected chi connectivity index (χ4v) is 2.70. The lowest BCUT2D eigenvalue weighted by Gasteiger charge is -2.27. The molecule has 1 saturated heterocycles. The Labute approximate surface area is 124 Å². The normalized spacial score (nSPS) is 15.9. The number of rotatable bonds is 2. The fraction of sp³-hybridized carbons (Fsp3) is 0.533. The molecule has 2 aromatic heterocycles. The quantitative estimate of drug-likeness (QED) is 0.906. The van der Waals surface area contributed by atoms with Gasteiger partial charge in [0.25, 0.3) is 5.91 Å². The number of amides is 1. The minimum Gasteiger partial charge on any atom is -0.336 e. The van der Waals surface area contributed by atoms with Gasteiger partial charge in [-0.3, -0.25) is 4.79 Å². The van der Waals surface area contributed by atoms with Crippen LogP contribution in [0.15, 0.2) is 12.3 Å². The van der Waals surface area contributed by atoms with Crippen molar-refractivity contribution in [1.29, 1.82) is 0 Å². The number of hydrogen-bond acceptors (Lipinski definition) is 4. The standard InChI is InChI=1S/C15H21N5O/c1-10(2)20-14-12(9-17-20)8-13(11(3)18-14)15(21)19-6-4-16-5-7-19/h8-10,16H,4-7H2,1-3H3. The first kappa shape index (κ1) is 14.0. The van der Waals surface area contributed by atoms with E-state index in [1.54, 1.807) is 6.20 Å². The van der Waals surface area contributed by atoms with Crippen LogP contribution in [0.2, 0.25) is 0 Å². The Hall–Kier alpha value is -1.95. The Morgan fingerprint density at radius 2 is 2.05 bits per heavy atom. The summed E-state index contributed by atoms with van der Waals surface area (Å²) in [7, 11) is 0. The topological polar surface area (TPSA) is 63.1 Å². The van der Waals surface area contributed by atoms with Crippen LogP contribution in [0, 0.1) is 6.92 Å². The SMILES string of the molecule is Cc1nc2c(cnn2C(C)C)cc1C(=O)N1CCNCC1. The van der Waals surface area contributed by atoms with Gasteiger partial charge in [-0.25, -0.2) is 9.67 Å². The van der Waals surface area contributed by atoms with Crippen molar-refractivity contribution in [3.63, 3.8) is 0 Å². The van der Waals surface area contributed by atoms with Crippen molar-refractivity contribution in [2.45, 2.75) is 26.8 Å². The van der Waals surface area contributed by atoms with Crippen molar-refractivity contribution in [1.82, 2.24) is 25.0 Å². The molecule has 0 bridgehead atoms. The number of fused-ring (bicyclic) bond motifs is 1. The molecule has 0 unspecified atom stereocenters. The summed E-state index contributed by atoms with van der Waals surface area (Å²) in [6.45, 7) is 9.25. The molecular weight excluding hydrogens is 266 g/mol. The zero-order chi connectivity index (χ0) is 15.0. The van der Waals surface area contributed by atoms with Crippen LogP contribution in [0.25, 0.3) is 11.0 Å². The molecule has 1 N–H and O–H groups in total. The molecule has 0 aliphatic carbocycles. The molecule has 112 valence electrons. The Kier molecular flexibility index (Phi) is 3.63. The first-order valence-electron chi connectivity index (χ1n) is 7.43. The highest BCUT2D eigenvalue weighted by atomic mass is 16.2. The van der Waals surface area contributed by atoms with E-state index in [1.165, 1.54) is 0 Å². The smallest absolute Gasteiger partial charge is 0.255 e. The number of piperazine rings is 1. The Bertz CT molecular complexity index is 670. The summed E-state index contributed by atoms with van der Waals surface area (Å²) < 4.78 is 1.89. The van der Waals surface area contributed by atoms with Gasteiger partial charge in [0.2, 0.25) is 0 Å². The van der Waals surface area contributed by atoms with E-state index in [1.807, 2.05) is 22.6 Å². The first-order valence-corrected chi connectivity index (χ1v) is 7.43. The maximum absolute atomic E-state index is 12.6. The van der Waals surface area contributed by atoms with Gasteiger partial charge in [0.05, 0.1) is 17.5 Å². The van der Waals surface area contributed by atoms with E-state index < -0.39 is 0 Å². The molecule has 0 spiro atoms. The fourth-order valence-electron chi connectivity index (χ4n) is 2.70. The summed E-state index contributed by atoms with van der Waals surface area (Å²) in [6, 6.07) is 2.18. The molecule has 0 atom stereocenters. The van der Waals surface area contributed by atoms with Gasteiger partial charge < -0.3 is 10.2 Å². The van der Waals surface area contributed by atoms with E-state index >= 15 is 0 Å². The zero-order valence-corrected chi connectivity index (χ0v) is 12.8. The van der Waals surface area contributed by atoms with E-state index in [4.69, 9.17) is 0 Å². The first-order chi connectivity index (χ1) is 10.1. The second-order valence-electron chi connectivity index (χ2n) is 5.76. The molecule has 3 heterocycles. The van der Waals surface area contributed by atoms with E-state index in [0.29, 0.717) is 5.56 Å². The predicted octanol–water partition coefficient (Wildman–Crippen LogP) is 1.37. The average Bonchev–Trinajstić information content (AvgIpc) is 2.89. The highest BCUT2D eigenvalue weighted by Crippen LogP contribution is 2.20. The van der Waals surface area contributed by atoms with Crippen molar-refractivity contribution >= 4 is 16.9 Å². The van der Waals surface area contributed by atoms with Crippen molar-refractivity contribution in [2.24, 2.45) is 0 Å². The Morgan fingerprint density at radius 3 is 2.71 bits per heavy atom. The number of nitrogens with zero attached hydrogens (tertiary/aromatic N) is 4. The Morgan fingerprint density at radius 1 is 1.33 bits per heavy atom. The lowest BCUT2D eigenvalue weighted by atomic mass is 10.1. The van der Waals surface area contributed by atoms with Gasteiger partial charge in [-0.1, -0.05) is 0 Å². The monoisotopic (exact) mass is 287 g/mol. The number of nitrogens with one attached hydrogen (secondary N) is 1. The number of aryl methyl sites for hydroxylation is 1. The molecule has 1 fully saturated rings. The molecule has 1 aliphatic heterocycles. The molecule has 21 heavy (non-hydrogen) atoms. The highest BCUT2D eigenvalue weighted by Gasteiger charge is 2.21. The van der Waals surface area contributed by atoms with Crippen LogP contribution in [-0.4, -0.2) is 51.8 Å². The third kappa shape index (κ3) is 2.51. The molecule has 2 aromatic rings. The molecular formula is C15H21N5O. The summed E-state index contributed by atoms with van der Waals surface area (Å²) >= 11 is 0. The van der Waals surface area contributed by atoms with E-state index in [2.05, 4.69) is 29.2 Å². The summed E-state index contributed by atoms with van der Waals surface area (Å²) in [6.07, 6.45) is 1.79. The number of hydrogen-bond donors (Lipinski definition) is 1. The lowest BCUT2D eigenvalue weighted by Crippen LogP contribution is -2.46. The summed E-state index contributed by atoms with van der Waals surface area (Å²) in [5, 5.41) is 8.55. The average molecular weight is 287 g/mol. The molecule has 1 aliphatic rings. The van der Waals surface area contributed by atoms with E-state index in [9.17, 15) is 4.79 Å². The third-order valence-electron chi connectivity index (χ3n) is 3.88. The molecule has 0 aromatic carbocycles. The maximum Gasteiger partial charge on any atom is 0.255 e. The molecule has 0 saturated carbocycles. The summed E-state index contributed by atoms with van der Waals surface area (Å²) in [4.78, 5) is 19.1. The molecule has 3 rings (SSSR count). The highest BCUT2D eigenvalue weighted by molar-refractivity contribution is 5.98. The minimum atomic E-state index is 0.0701.